The maximum absolute atomic E-state index is 13.2. The summed E-state index contributed by atoms with van der Waals surface area (Å²) in [6.45, 7) is 1.61. The van der Waals surface area contributed by atoms with Crippen LogP contribution in [0.2, 0.25) is 0 Å². The van der Waals surface area contributed by atoms with E-state index in [-0.39, 0.29) is 11.8 Å². The summed E-state index contributed by atoms with van der Waals surface area (Å²) in [5.41, 5.74) is 4.23. The van der Waals surface area contributed by atoms with Crippen molar-refractivity contribution >= 4 is 28.9 Å². The Morgan fingerprint density at radius 3 is 2.22 bits per heavy atom. The van der Waals surface area contributed by atoms with E-state index in [9.17, 15) is 9.59 Å². The van der Waals surface area contributed by atoms with Crippen LogP contribution in [0.1, 0.15) is 46.7 Å². The Labute approximate surface area is 210 Å². The average molecular weight is 484 g/mol. The van der Waals surface area contributed by atoms with E-state index in [1.165, 1.54) is 6.42 Å². The summed E-state index contributed by atoms with van der Waals surface area (Å²) in [6, 6.07) is 20.6. The van der Waals surface area contributed by atoms with Gasteiger partial charge in [-0.3, -0.25) is 14.6 Å². The van der Waals surface area contributed by atoms with Gasteiger partial charge in [0.05, 0.1) is 25.6 Å². The quantitative estimate of drug-likeness (QED) is 0.490. The van der Waals surface area contributed by atoms with Gasteiger partial charge in [-0.25, -0.2) is 0 Å². The molecule has 7 heteroatoms. The van der Waals surface area contributed by atoms with Crippen LogP contribution in [0.25, 0.3) is 0 Å². The van der Waals surface area contributed by atoms with Crippen LogP contribution >= 0.6 is 0 Å². The summed E-state index contributed by atoms with van der Waals surface area (Å²) in [7, 11) is 3.14. The van der Waals surface area contributed by atoms with Gasteiger partial charge in [-0.05, 0) is 60.7 Å². The molecule has 7 nitrogen and oxygen atoms in total. The molecule has 0 radical (unpaired) electrons. The molecule has 5 rings (SSSR count). The predicted octanol–water partition coefficient (Wildman–Crippen LogP) is 5.19. The monoisotopic (exact) mass is 483 g/mol. The molecule has 0 aromatic heterocycles. The molecule has 0 bridgehead atoms. The minimum atomic E-state index is -0.628. The van der Waals surface area contributed by atoms with Crippen molar-refractivity contribution in [3.05, 3.63) is 83.4 Å². The maximum Gasteiger partial charge on any atom is 0.253 e. The van der Waals surface area contributed by atoms with Gasteiger partial charge in [0.15, 0.2) is 11.5 Å². The number of ether oxygens (including phenoxy) is 2. The van der Waals surface area contributed by atoms with Crippen molar-refractivity contribution < 1.29 is 19.1 Å². The van der Waals surface area contributed by atoms with Crippen LogP contribution in [0.5, 0.6) is 11.5 Å². The highest BCUT2D eigenvalue weighted by Crippen LogP contribution is 2.42. The number of likely N-dealkylation sites (tertiary alicyclic amines) is 1. The molecule has 36 heavy (non-hydrogen) atoms. The summed E-state index contributed by atoms with van der Waals surface area (Å²) >= 11 is 0. The molecule has 1 N–H and O–H groups in total. The molecule has 3 aromatic rings. The third-order valence-electron chi connectivity index (χ3n) is 6.74. The van der Waals surface area contributed by atoms with Crippen LogP contribution in [0.15, 0.2) is 71.7 Å². The topological polar surface area (TPSA) is 80.2 Å². The van der Waals surface area contributed by atoms with E-state index in [1.54, 1.807) is 20.3 Å². The molecule has 184 valence electrons. The largest absolute Gasteiger partial charge is 0.493 e. The average Bonchev–Trinajstić information content (AvgIpc) is 3.26. The zero-order valence-electron chi connectivity index (χ0n) is 20.5. The summed E-state index contributed by atoms with van der Waals surface area (Å²) in [5.74, 6) is 0.352. The lowest BCUT2D eigenvalue weighted by Crippen LogP contribution is -2.35. The number of carbonyl (C=O) groups excluding carboxylic acids is 2. The van der Waals surface area contributed by atoms with Gasteiger partial charge in [0, 0.05) is 30.4 Å². The first-order valence-corrected chi connectivity index (χ1v) is 12.2. The minimum Gasteiger partial charge on any atom is -0.493 e. The number of fused-ring (bicyclic) bond motifs is 1. The van der Waals surface area contributed by atoms with E-state index in [1.807, 2.05) is 65.6 Å². The van der Waals surface area contributed by atoms with Crippen LogP contribution in [-0.2, 0) is 4.79 Å². The number of nitrogens with one attached hydrogen (secondary N) is 1. The van der Waals surface area contributed by atoms with Crippen molar-refractivity contribution in [2.45, 2.75) is 25.2 Å². The number of hydrogen-bond donors (Lipinski definition) is 1. The molecule has 0 spiro atoms. The maximum atomic E-state index is 13.2. The molecular formula is C29H29N3O4. The molecule has 0 aliphatic carbocycles. The number of amides is 2. The van der Waals surface area contributed by atoms with E-state index in [0.717, 1.165) is 37.1 Å². The first kappa shape index (κ1) is 23.6. The van der Waals surface area contributed by atoms with Gasteiger partial charge in [-0.15, -0.1) is 0 Å². The Bertz CT molecular complexity index is 1300. The first-order valence-electron chi connectivity index (χ1n) is 12.2. The molecule has 1 saturated heterocycles. The highest BCUT2D eigenvalue weighted by Gasteiger charge is 2.36. The number of piperidine rings is 1. The number of carbonyl (C=O) groups is 2. The van der Waals surface area contributed by atoms with Crippen LogP contribution in [0, 0.1) is 0 Å². The van der Waals surface area contributed by atoms with Gasteiger partial charge in [-0.1, -0.05) is 30.3 Å². The second kappa shape index (κ2) is 10.2. The minimum absolute atomic E-state index is 0.0543. The normalized spacial score (nSPS) is 17.4. The fourth-order valence-electron chi connectivity index (χ4n) is 4.86. The first-order chi connectivity index (χ1) is 17.6. The van der Waals surface area contributed by atoms with Gasteiger partial charge >= 0.3 is 0 Å². The van der Waals surface area contributed by atoms with Crippen molar-refractivity contribution in [1.29, 1.82) is 0 Å². The third-order valence-corrected chi connectivity index (χ3v) is 6.74. The van der Waals surface area contributed by atoms with Crippen molar-refractivity contribution in [1.82, 2.24) is 4.90 Å². The molecule has 1 unspecified atom stereocenters. The fourth-order valence-corrected chi connectivity index (χ4v) is 4.86. The number of rotatable bonds is 6. The van der Waals surface area contributed by atoms with E-state index < -0.39 is 5.92 Å². The Hall–Kier alpha value is -4.13. The molecular weight excluding hydrogens is 454 g/mol. The lowest BCUT2D eigenvalue weighted by molar-refractivity contribution is -0.115. The number of hydrogen-bond acceptors (Lipinski definition) is 5. The van der Waals surface area contributed by atoms with Gasteiger partial charge in [0.1, 0.15) is 5.92 Å². The number of benzene rings is 3. The lowest BCUT2D eigenvalue weighted by Gasteiger charge is -2.26. The highest BCUT2D eigenvalue weighted by molar-refractivity contribution is 6.24. The van der Waals surface area contributed by atoms with Crippen LogP contribution < -0.4 is 14.8 Å². The molecule has 0 saturated carbocycles. The van der Waals surface area contributed by atoms with Crippen LogP contribution in [0.3, 0.4) is 0 Å². The van der Waals surface area contributed by atoms with Gasteiger partial charge in [0.2, 0.25) is 5.91 Å². The summed E-state index contributed by atoms with van der Waals surface area (Å²) < 4.78 is 10.9. The van der Waals surface area contributed by atoms with Crippen LogP contribution in [-0.4, -0.2) is 49.7 Å². The van der Waals surface area contributed by atoms with Crippen LogP contribution in [0.4, 0.5) is 11.4 Å². The predicted molar refractivity (Wildman–Crippen MR) is 140 cm³/mol. The van der Waals surface area contributed by atoms with Crippen molar-refractivity contribution in [2.24, 2.45) is 4.99 Å². The van der Waals surface area contributed by atoms with Gasteiger partial charge in [0.25, 0.3) is 5.91 Å². The molecule has 1 atom stereocenters. The van der Waals surface area contributed by atoms with E-state index >= 15 is 0 Å². The number of aliphatic imine (C=N–C) groups is 1. The van der Waals surface area contributed by atoms with Gasteiger partial charge in [-0.2, -0.15) is 0 Å². The number of anilines is 1. The van der Waals surface area contributed by atoms with Gasteiger partial charge < -0.3 is 19.7 Å². The van der Waals surface area contributed by atoms with E-state index in [2.05, 4.69) is 5.32 Å². The molecule has 2 heterocycles. The lowest BCUT2D eigenvalue weighted by atomic mass is 9.90. The fraction of sp³-hybridized carbons (Fsp3) is 0.276. The summed E-state index contributed by atoms with van der Waals surface area (Å²) in [5, 5.41) is 2.96. The second-order valence-corrected chi connectivity index (χ2v) is 8.98. The Balaban J connectivity index is 1.53. The van der Waals surface area contributed by atoms with E-state index in [0.29, 0.717) is 34.1 Å². The third kappa shape index (κ3) is 4.56. The molecule has 2 amide bonds. The Morgan fingerprint density at radius 2 is 1.56 bits per heavy atom. The zero-order chi connectivity index (χ0) is 25.1. The number of methoxy groups -OCH3 is 2. The SMILES string of the molecule is COc1cc2c(cc1OC)C(C(=Nc1ccc(C(=O)N3CCCCC3)cc1)c1ccccc1)C(=O)N2. The van der Waals surface area contributed by atoms with Crippen molar-refractivity contribution in [3.63, 3.8) is 0 Å². The Morgan fingerprint density at radius 1 is 0.889 bits per heavy atom. The summed E-state index contributed by atoms with van der Waals surface area (Å²) in [4.78, 5) is 32.9. The zero-order valence-corrected chi connectivity index (χ0v) is 20.5. The summed E-state index contributed by atoms with van der Waals surface area (Å²) in [6.07, 6.45) is 3.28. The Kier molecular flexibility index (Phi) is 6.71. The molecule has 1 fully saturated rings. The molecule has 2 aliphatic heterocycles. The number of nitrogens with zero attached hydrogens (tertiary/aromatic N) is 2. The van der Waals surface area contributed by atoms with E-state index in [4.69, 9.17) is 14.5 Å². The van der Waals surface area contributed by atoms with Crippen molar-refractivity contribution in [2.75, 3.05) is 32.6 Å². The highest BCUT2D eigenvalue weighted by atomic mass is 16.5. The van der Waals surface area contributed by atoms with Crippen molar-refractivity contribution in [3.8, 4) is 11.5 Å². The molecule has 3 aromatic carbocycles. The standard InChI is InChI=1S/C29H29N3O4/c1-35-24-17-22-23(18-25(24)36-2)31-28(33)26(22)27(19-9-5-3-6-10-19)30-21-13-11-20(12-14-21)29(34)32-15-7-4-8-16-32/h3,5-6,9-14,17-18,26H,4,7-8,15-16H2,1-2H3,(H,31,33). The smallest absolute Gasteiger partial charge is 0.253 e. The second-order valence-electron chi connectivity index (χ2n) is 8.98. The molecule has 2 aliphatic rings.